The van der Waals surface area contributed by atoms with Crippen molar-refractivity contribution in [2.75, 3.05) is 12.1 Å². The molecule has 0 saturated heterocycles. The number of carbonyl (C=O) groups excluding carboxylic acids is 2. The van der Waals surface area contributed by atoms with E-state index >= 15 is 0 Å². The summed E-state index contributed by atoms with van der Waals surface area (Å²) in [6, 6.07) is 10.4. The normalized spacial score (nSPS) is 12.2. The van der Waals surface area contributed by atoms with Gasteiger partial charge in [0.05, 0.1) is 12.6 Å². The van der Waals surface area contributed by atoms with E-state index in [1.165, 1.54) is 6.21 Å². The molecule has 0 atom stereocenters. The fourth-order valence-electron chi connectivity index (χ4n) is 2.53. The lowest BCUT2D eigenvalue weighted by Crippen LogP contribution is -2.19. The van der Waals surface area contributed by atoms with Crippen LogP contribution in [-0.2, 0) is 11.2 Å². The average molecular weight is 567 g/mol. The van der Waals surface area contributed by atoms with Crippen LogP contribution in [0.3, 0.4) is 0 Å². The van der Waals surface area contributed by atoms with Crippen molar-refractivity contribution in [3.8, 4) is 11.5 Å². The van der Waals surface area contributed by atoms with Gasteiger partial charge in [-0.15, -0.1) is 10.2 Å². The number of benzene rings is 2. The Labute approximate surface area is 197 Å². The highest BCUT2D eigenvalue weighted by Crippen LogP contribution is 2.36. The summed E-state index contributed by atoms with van der Waals surface area (Å²) < 4.78 is 12.2. The molecule has 2 aromatic carbocycles. The van der Waals surface area contributed by atoms with Gasteiger partial charge in [0, 0.05) is 20.1 Å². The Morgan fingerprint density at radius 3 is 2.65 bits per heavy atom. The SMILES string of the molecule is O=C(Cc1nnc(NC(=O)c2ccc(Br)cc2)s1)N/N=C\c1cc2c(cc1Br)OCO2. The minimum absolute atomic E-state index is 0.0224. The number of halogens is 2. The number of fused-ring (bicyclic) bond motifs is 1. The topological polar surface area (TPSA) is 115 Å². The van der Waals surface area contributed by atoms with Crippen LogP contribution in [0.4, 0.5) is 5.13 Å². The van der Waals surface area contributed by atoms with Crippen molar-refractivity contribution in [1.82, 2.24) is 15.6 Å². The smallest absolute Gasteiger partial charge is 0.257 e. The summed E-state index contributed by atoms with van der Waals surface area (Å²) in [6.45, 7) is 0.173. The molecule has 0 aliphatic carbocycles. The van der Waals surface area contributed by atoms with E-state index in [2.05, 4.69) is 57.9 Å². The zero-order valence-electron chi connectivity index (χ0n) is 15.6. The first-order valence-corrected chi connectivity index (χ1v) is 11.2. The van der Waals surface area contributed by atoms with Crippen molar-refractivity contribution in [1.29, 1.82) is 0 Å². The molecule has 0 spiro atoms. The number of nitrogens with one attached hydrogen (secondary N) is 2. The predicted octanol–water partition coefficient (Wildman–Crippen LogP) is 3.74. The Balaban J connectivity index is 1.30. The highest BCUT2D eigenvalue weighted by molar-refractivity contribution is 9.10. The Hall–Kier alpha value is -2.83. The van der Waals surface area contributed by atoms with Crippen molar-refractivity contribution < 1.29 is 19.1 Å². The number of carbonyl (C=O) groups is 2. The average Bonchev–Trinajstić information content (AvgIpc) is 3.37. The number of anilines is 1. The van der Waals surface area contributed by atoms with Crippen molar-refractivity contribution >= 4 is 66.4 Å². The summed E-state index contributed by atoms with van der Waals surface area (Å²) in [5.74, 6) is 0.587. The number of nitrogens with zero attached hydrogens (tertiary/aromatic N) is 3. The summed E-state index contributed by atoms with van der Waals surface area (Å²) >= 11 is 7.86. The van der Waals surface area contributed by atoms with Crippen LogP contribution in [0, 0.1) is 0 Å². The van der Waals surface area contributed by atoms with Crippen LogP contribution in [-0.4, -0.2) is 35.0 Å². The maximum absolute atomic E-state index is 12.2. The van der Waals surface area contributed by atoms with E-state index in [4.69, 9.17) is 9.47 Å². The van der Waals surface area contributed by atoms with Gasteiger partial charge < -0.3 is 9.47 Å². The number of hydrogen-bond acceptors (Lipinski definition) is 8. The van der Waals surface area contributed by atoms with Gasteiger partial charge in [0.1, 0.15) is 5.01 Å². The summed E-state index contributed by atoms with van der Waals surface area (Å²) in [5.41, 5.74) is 3.65. The first-order chi connectivity index (χ1) is 15.0. The Morgan fingerprint density at radius 1 is 1.13 bits per heavy atom. The van der Waals surface area contributed by atoms with Crippen molar-refractivity contribution in [2.45, 2.75) is 6.42 Å². The van der Waals surface area contributed by atoms with Crippen LogP contribution in [0.5, 0.6) is 11.5 Å². The minimum Gasteiger partial charge on any atom is -0.454 e. The quantitative estimate of drug-likeness (QED) is 0.347. The zero-order valence-corrected chi connectivity index (χ0v) is 19.6. The third-order valence-electron chi connectivity index (χ3n) is 3.99. The number of ether oxygens (including phenoxy) is 2. The van der Waals surface area contributed by atoms with E-state index in [0.29, 0.717) is 27.2 Å². The second kappa shape index (κ2) is 9.54. The Kier molecular flexibility index (Phi) is 6.59. The Bertz CT molecular complexity index is 1170. The van der Waals surface area contributed by atoms with Crippen LogP contribution < -0.4 is 20.2 Å². The van der Waals surface area contributed by atoms with Crippen LogP contribution in [0.25, 0.3) is 0 Å². The maximum atomic E-state index is 12.2. The van der Waals surface area contributed by atoms with Gasteiger partial charge in [-0.1, -0.05) is 27.3 Å². The molecule has 2 N–H and O–H groups in total. The monoisotopic (exact) mass is 565 g/mol. The standard InChI is InChI=1S/C19H13Br2N5O4S/c20-12-3-1-10(2-4-12)18(28)23-19-26-25-17(31-19)7-16(27)24-22-8-11-5-14-15(6-13(11)21)30-9-29-14/h1-6,8H,7,9H2,(H,24,27)(H,23,26,28)/b22-8-. The van der Waals surface area contributed by atoms with Gasteiger partial charge in [0.2, 0.25) is 17.8 Å². The second-order valence-electron chi connectivity index (χ2n) is 6.16. The third-order valence-corrected chi connectivity index (χ3v) is 6.04. The summed E-state index contributed by atoms with van der Waals surface area (Å²) in [5, 5.41) is 15.2. The van der Waals surface area contributed by atoms with E-state index in [9.17, 15) is 9.59 Å². The number of rotatable bonds is 6. The van der Waals surface area contributed by atoms with E-state index in [-0.39, 0.29) is 25.0 Å². The fourth-order valence-corrected chi connectivity index (χ4v) is 3.95. The zero-order chi connectivity index (χ0) is 21.8. The lowest BCUT2D eigenvalue weighted by atomic mass is 10.2. The highest BCUT2D eigenvalue weighted by atomic mass is 79.9. The number of hydrazone groups is 1. The molecule has 3 aromatic rings. The molecule has 12 heteroatoms. The molecule has 31 heavy (non-hydrogen) atoms. The van der Waals surface area contributed by atoms with Crippen LogP contribution in [0.2, 0.25) is 0 Å². The third kappa shape index (κ3) is 5.46. The van der Waals surface area contributed by atoms with Gasteiger partial charge in [-0.25, -0.2) is 5.43 Å². The molecule has 9 nitrogen and oxygen atoms in total. The number of hydrogen-bond donors (Lipinski definition) is 2. The van der Waals surface area contributed by atoms with Crippen LogP contribution >= 0.6 is 43.2 Å². The van der Waals surface area contributed by atoms with Gasteiger partial charge in [0.15, 0.2) is 11.5 Å². The van der Waals surface area contributed by atoms with E-state index < -0.39 is 0 Å². The van der Waals surface area contributed by atoms with Crippen molar-refractivity contribution in [3.05, 3.63) is 61.5 Å². The lowest BCUT2D eigenvalue weighted by molar-refractivity contribution is -0.120. The fraction of sp³-hybridized carbons (Fsp3) is 0.105. The maximum Gasteiger partial charge on any atom is 0.257 e. The van der Waals surface area contributed by atoms with E-state index in [1.54, 1.807) is 36.4 Å². The molecule has 0 radical (unpaired) electrons. The van der Waals surface area contributed by atoms with Crippen molar-refractivity contribution in [3.63, 3.8) is 0 Å². The molecule has 0 unspecified atom stereocenters. The lowest BCUT2D eigenvalue weighted by Gasteiger charge is -2.02. The second-order valence-corrected chi connectivity index (χ2v) is 8.99. The molecule has 1 aromatic heterocycles. The molecule has 2 heterocycles. The molecule has 4 rings (SSSR count). The van der Waals surface area contributed by atoms with Gasteiger partial charge >= 0.3 is 0 Å². The van der Waals surface area contributed by atoms with E-state index in [0.717, 1.165) is 25.8 Å². The molecule has 1 aliphatic heterocycles. The first-order valence-electron chi connectivity index (χ1n) is 8.78. The van der Waals surface area contributed by atoms with E-state index in [1.807, 2.05) is 0 Å². The summed E-state index contributed by atoms with van der Waals surface area (Å²) in [7, 11) is 0. The molecule has 158 valence electrons. The molecule has 1 aliphatic rings. The molecule has 0 fully saturated rings. The number of aromatic nitrogens is 2. The largest absolute Gasteiger partial charge is 0.454 e. The summed E-state index contributed by atoms with van der Waals surface area (Å²) in [4.78, 5) is 24.4. The van der Waals surface area contributed by atoms with Gasteiger partial charge in [-0.3, -0.25) is 14.9 Å². The predicted molar refractivity (Wildman–Crippen MR) is 122 cm³/mol. The molecule has 0 saturated carbocycles. The molecule has 0 bridgehead atoms. The Morgan fingerprint density at radius 2 is 1.87 bits per heavy atom. The summed E-state index contributed by atoms with van der Waals surface area (Å²) in [6.07, 6.45) is 1.47. The van der Waals surface area contributed by atoms with Gasteiger partial charge in [0.25, 0.3) is 5.91 Å². The van der Waals surface area contributed by atoms with Crippen LogP contribution in [0.1, 0.15) is 20.9 Å². The first kappa shape index (κ1) is 21.4. The van der Waals surface area contributed by atoms with Crippen LogP contribution in [0.15, 0.2) is 50.4 Å². The highest BCUT2D eigenvalue weighted by Gasteiger charge is 2.16. The van der Waals surface area contributed by atoms with Crippen molar-refractivity contribution in [2.24, 2.45) is 5.10 Å². The minimum atomic E-state index is -0.366. The van der Waals surface area contributed by atoms with Gasteiger partial charge in [-0.05, 0) is 52.3 Å². The molecular weight excluding hydrogens is 554 g/mol. The van der Waals surface area contributed by atoms with Gasteiger partial charge in [-0.2, -0.15) is 5.10 Å². The molecular formula is C19H13Br2N5O4S. The number of amides is 2. The molecule has 2 amide bonds.